The lowest BCUT2D eigenvalue weighted by atomic mass is 9.94. The minimum atomic E-state index is -0.204. The van der Waals surface area contributed by atoms with E-state index < -0.39 is 0 Å². The lowest BCUT2D eigenvalue weighted by Gasteiger charge is -2.30. The highest BCUT2D eigenvalue weighted by Gasteiger charge is 2.22. The smallest absolute Gasteiger partial charge is 0.295 e. The van der Waals surface area contributed by atoms with Crippen molar-refractivity contribution in [2.24, 2.45) is 7.05 Å². The second-order valence-corrected chi connectivity index (χ2v) is 7.19. The molecule has 1 aromatic heterocycles. The molecule has 1 aromatic carbocycles. The quantitative estimate of drug-likeness (QED) is 0.896. The molecule has 1 amide bonds. The Morgan fingerprint density at radius 2 is 1.85 bits per heavy atom. The predicted octanol–water partition coefficient (Wildman–Crippen LogP) is 2.69. The first-order chi connectivity index (χ1) is 12.5. The van der Waals surface area contributed by atoms with Crippen molar-refractivity contribution < 1.29 is 4.79 Å². The van der Waals surface area contributed by atoms with E-state index in [-0.39, 0.29) is 11.5 Å². The van der Waals surface area contributed by atoms with Crippen molar-refractivity contribution in [3.05, 3.63) is 46.4 Å². The third-order valence-corrected chi connectivity index (χ3v) is 5.41. The minimum Gasteiger partial charge on any atom is -0.319 e. The van der Waals surface area contributed by atoms with E-state index >= 15 is 0 Å². The van der Waals surface area contributed by atoms with E-state index in [9.17, 15) is 9.59 Å². The van der Waals surface area contributed by atoms with E-state index in [1.807, 2.05) is 51.4 Å². The molecule has 6 nitrogen and oxygen atoms in total. The molecule has 0 aliphatic heterocycles. The number of para-hydroxylation sites is 1. The molecule has 26 heavy (non-hydrogen) atoms. The molecule has 1 aliphatic carbocycles. The van der Waals surface area contributed by atoms with Crippen LogP contribution in [-0.2, 0) is 11.8 Å². The summed E-state index contributed by atoms with van der Waals surface area (Å²) < 4.78 is 3.36. The molecule has 1 heterocycles. The topological polar surface area (TPSA) is 59.3 Å². The van der Waals surface area contributed by atoms with Crippen LogP contribution in [0, 0.1) is 6.92 Å². The van der Waals surface area contributed by atoms with E-state index in [1.165, 1.54) is 19.3 Å². The number of nitrogens with zero attached hydrogens (tertiary/aromatic N) is 3. The maximum atomic E-state index is 12.8. The number of amides is 1. The van der Waals surface area contributed by atoms with Gasteiger partial charge in [0.1, 0.15) is 5.69 Å². The molecule has 1 aliphatic rings. The molecule has 0 radical (unpaired) electrons. The summed E-state index contributed by atoms with van der Waals surface area (Å²) in [4.78, 5) is 27.5. The van der Waals surface area contributed by atoms with Gasteiger partial charge in [-0.15, -0.1) is 0 Å². The van der Waals surface area contributed by atoms with Gasteiger partial charge in [0.15, 0.2) is 0 Å². The Hall–Kier alpha value is -2.34. The van der Waals surface area contributed by atoms with Gasteiger partial charge in [-0.3, -0.25) is 19.2 Å². The monoisotopic (exact) mass is 356 g/mol. The molecule has 1 saturated carbocycles. The first-order valence-corrected chi connectivity index (χ1v) is 9.33. The van der Waals surface area contributed by atoms with E-state index in [4.69, 9.17) is 0 Å². The molecule has 0 bridgehead atoms. The first kappa shape index (κ1) is 18.5. The Morgan fingerprint density at radius 3 is 2.50 bits per heavy atom. The molecule has 1 fully saturated rings. The van der Waals surface area contributed by atoms with Crippen LogP contribution in [0.25, 0.3) is 5.69 Å². The van der Waals surface area contributed by atoms with Gasteiger partial charge < -0.3 is 5.32 Å². The molecular weight excluding hydrogens is 328 g/mol. The highest BCUT2D eigenvalue weighted by molar-refractivity contribution is 5.92. The van der Waals surface area contributed by atoms with Crippen molar-refractivity contribution in [1.82, 2.24) is 14.3 Å². The van der Waals surface area contributed by atoms with Gasteiger partial charge in [0.2, 0.25) is 5.91 Å². The lowest BCUT2D eigenvalue weighted by Crippen LogP contribution is -2.39. The van der Waals surface area contributed by atoms with Crippen LogP contribution in [0.3, 0.4) is 0 Å². The van der Waals surface area contributed by atoms with Crippen LogP contribution in [0.2, 0.25) is 0 Å². The van der Waals surface area contributed by atoms with Gasteiger partial charge in [0.25, 0.3) is 5.56 Å². The van der Waals surface area contributed by atoms with Gasteiger partial charge in [0, 0.05) is 13.1 Å². The fourth-order valence-corrected chi connectivity index (χ4v) is 3.77. The highest BCUT2D eigenvalue weighted by atomic mass is 16.2. The van der Waals surface area contributed by atoms with Crippen LogP contribution < -0.4 is 10.9 Å². The van der Waals surface area contributed by atoms with Crippen molar-refractivity contribution in [3.8, 4) is 5.69 Å². The number of benzene rings is 1. The number of likely N-dealkylation sites (N-methyl/N-ethyl adjacent to an activating group) is 1. The molecule has 0 spiro atoms. The van der Waals surface area contributed by atoms with Gasteiger partial charge in [-0.1, -0.05) is 37.5 Å². The van der Waals surface area contributed by atoms with Crippen LogP contribution in [0.4, 0.5) is 5.69 Å². The van der Waals surface area contributed by atoms with Crippen LogP contribution in [0.15, 0.2) is 35.1 Å². The van der Waals surface area contributed by atoms with E-state index in [0.29, 0.717) is 18.3 Å². The molecule has 6 heteroatoms. The first-order valence-electron chi connectivity index (χ1n) is 9.33. The Kier molecular flexibility index (Phi) is 5.61. The summed E-state index contributed by atoms with van der Waals surface area (Å²) in [6, 6.07) is 9.91. The van der Waals surface area contributed by atoms with Crippen molar-refractivity contribution in [2.75, 3.05) is 18.9 Å². The molecule has 2 aromatic rings. The third kappa shape index (κ3) is 3.75. The summed E-state index contributed by atoms with van der Waals surface area (Å²) >= 11 is 0. The Labute approximate surface area is 154 Å². The summed E-state index contributed by atoms with van der Waals surface area (Å²) in [5.41, 5.74) is 1.68. The van der Waals surface area contributed by atoms with Crippen molar-refractivity contribution in [1.29, 1.82) is 0 Å². The predicted molar refractivity (Wildman–Crippen MR) is 104 cm³/mol. The molecule has 0 saturated heterocycles. The zero-order valence-electron chi connectivity index (χ0n) is 15.9. The molecule has 140 valence electrons. The summed E-state index contributed by atoms with van der Waals surface area (Å²) in [7, 11) is 3.82. The lowest BCUT2D eigenvalue weighted by molar-refractivity contribution is -0.117. The zero-order valence-corrected chi connectivity index (χ0v) is 15.9. The standard InChI is InChI=1S/C20H28N4O2/c1-15-19(20(26)24(23(15)3)17-12-8-5-9-13-17)21-18(25)14-22(2)16-10-6-4-7-11-16/h5,8-9,12-13,16H,4,6-7,10-11,14H2,1-3H3,(H,21,25). The van der Waals surface area contributed by atoms with Crippen molar-refractivity contribution in [3.63, 3.8) is 0 Å². The minimum absolute atomic E-state index is 0.135. The van der Waals surface area contributed by atoms with E-state index in [0.717, 1.165) is 24.2 Å². The molecule has 1 N–H and O–H groups in total. The number of aromatic nitrogens is 2. The number of carbonyl (C=O) groups excluding carboxylic acids is 1. The Bertz CT molecular complexity index is 816. The van der Waals surface area contributed by atoms with Gasteiger partial charge in [-0.2, -0.15) is 0 Å². The van der Waals surface area contributed by atoms with Crippen molar-refractivity contribution >= 4 is 11.6 Å². The van der Waals surface area contributed by atoms with Crippen LogP contribution in [0.5, 0.6) is 0 Å². The fraction of sp³-hybridized carbons (Fsp3) is 0.500. The maximum Gasteiger partial charge on any atom is 0.295 e. The van der Waals surface area contributed by atoms with Gasteiger partial charge in [0.05, 0.1) is 17.9 Å². The molecular formula is C20H28N4O2. The third-order valence-electron chi connectivity index (χ3n) is 5.41. The summed E-state index contributed by atoms with van der Waals surface area (Å²) in [6.07, 6.45) is 6.05. The van der Waals surface area contributed by atoms with Gasteiger partial charge in [-0.05, 0) is 38.9 Å². The summed E-state index contributed by atoms with van der Waals surface area (Å²) in [6.45, 7) is 2.16. The maximum absolute atomic E-state index is 12.8. The average molecular weight is 356 g/mol. The largest absolute Gasteiger partial charge is 0.319 e. The highest BCUT2D eigenvalue weighted by Crippen LogP contribution is 2.21. The SMILES string of the molecule is Cc1c(NC(=O)CN(C)C2CCCCC2)c(=O)n(-c2ccccc2)n1C. The molecule has 0 unspecified atom stereocenters. The molecule has 0 atom stereocenters. The average Bonchev–Trinajstić information content (AvgIpc) is 2.86. The Morgan fingerprint density at radius 1 is 1.19 bits per heavy atom. The number of rotatable bonds is 5. The van der Waals surface area contributed by atoms with Gasteiger partial charge in [-0.25, -0.2) is 4.68 Å². The number of carbonyl (C=O) groups is 1. The van der Waals surface area contributed by atoms with Crippen LogP contribution >= 0.6 is 0 Å². The second-order valence-electron chi connectivity index (χ2n) is 7.19. The zero-order chi connectivity index (χ0) is 18.7. The summed E-state index contributed by atoms with van der Waals surface area (Å²) in [5, 5.41) is 2.84. The number of anilines is 1. The normalized spacial score (nSPS) is 15.4. The van der Waals surface area contributed by atoms with E-state index in [2.05, 4.69) is 10.2 Å². The number of hydrogen-bond donors (Lipinski definition) is 1. The number of nitrogens with one attached hydrogen (secondary N) is 1. The van der Waals surface area contributed by atoms with Gasteiger partial charge >= 0.3 is 0 Å². The van der Waals surface area contributed by atoms with Crippen LogP contribution in [0.1, 0.15) is 37.8 Å². The Balaban J connectivity index is 1.75. The second kappa shape index (κ2) is 7.91. The fourth-order valence-electron chi connectivity index (χ4n) is 3.77. The number of hydrogen-bond acceptors (Lipinski definition) is 3. The van der Waals surface area contributed by atoms with E-state index in [1.54, 1.807) is 9.36 Å². The molecule has 3 rings (SSSR count). The van der Waals surface area contributed by atoms with Crippen LogP contribution in [-0.4, -0.2) is 39.8 Å². The summed E-state index contributed by atoms with van der Waals surface area (Å²) in [5.74, 6) is -0.135. The van der Waals surface area contributed by atoms with Crippen molar-refractivity contribution in [2.45, 2.75) is 45.1 Å².